The summed E-state index contributed by atoms with van der Waals surface area (Å²) in [5.41, 5.74) is 1.57. The van der Waals surface area contributed by atoms with Gasteiger partial charge < -0.3 is 19.1 Å². The molecule has 1 fully saturated rings. The molecule has 2 aromatic rings. The second-order valence-corrected chi connectivity index (χ2v) is 6.95. The average Bonchev–Trinajstić information content (AvgIpc) is 2.74. The van der Waals surface area contributed by atoms with Crippen LogP contribution in [-0.2, 0) is 6.54 Å². The summed E-state index contributed by atoms with van der Waals surface area (Å²) in [5, 5.41) is 0.774. The number of halogens is 1. The van der Waals surface area contributed by atoms with E-state index in [1.165, 1.54) is 14.2 Å². The number of amides is 1. The third-order valence-corrected chi connectivity index (χ3v) is 5.31. The van der Waals surface area contributed by atoms with Crippen molar-refractivity contribution in [2.75, 3.05) is 47.5 Å². The Bertz CT molecular complexity index is 835. The Balaban J connectivity index is 1.69. The van der Waals surface area contributed by atoms with Crippen LogP contribution in [0.2, 0.25) is 5.02 Å². The van der Waals surface area contributed by atoms with Crippen molar-refractivity contribution in [2.45, 2.75) is 6.54 Å². The molecule has 3 rings (SSSR count). The van der Waals surface area contributed by atoms with Crippen molar-refractivity contribution in [2.24, 2.45) is 0 Å². The molecule has 6 nitrogen and oxygen atoms in total. The Hall–Kier alpha value is -2.44. The van der Waals surface area contributed by atoms with Gasteiger partial charge in [-0.3, -0.25) is 9.69 Å². The molecule has 0 spiro atoms. The van der Waals surface area contributed by atoms with Gasteiger partial charge in [-0.15, -0.1) is 0 Å². The Labute approximate surface area is 170 Å². The third kappa shape index (κ3) is 4.18. The summed E-state index contributed by atoms with van der Waals surface area (Å²) in [6.07, 6.45) is 0. The molecule has 28 heavy (non-hydrogen) atoms. The molecule has 0 aromatic heterocycles. The van der Waals surface area contributed by atoms with E-state index in [-0.39, 0.29) is 5.91 Å². The van der Waals surface area contributed by atoms with Crippen LogP contribution in [0, 0.1) is 0 Å². The van der Waals surface area contributed by atoms with Gasteiger partial charge in [-0.25, -0.2) is 0 Å². The van der Waals surface area contributed by atoms with E-state index in [1.54, 1.807) is 19.2 Å². The molecule has 0 atom stereocenters. The van der Waals surface area contributed by atoms with Gasteiger partial charge in [-0.2, -0.15) is 0 Å². The number of carbonyl (C=O) groups excluding carboxylic acids is 1. The molecule has 150 valence electrons. The van der Waals surface area contributed by atoms with Gasteiger partial charge in [0.25, 0.3) is 5.91 Å². The number of hydrogen-bond donors (Lipinski definition) is 0. The molecule has 1 amide bonds. The number of rotatable bonds is 6. The van der Waals surface area contributed by atoms with Crippen LogP contribution in [0.1, 0.15) is 15.9 Å². The zero-order chi connectivity index (χ0) is 20.1. The van der Waals surface area contributed by atoms with E-state index in [0.717, 1.165) is 30.2 Å². The van der Waals surface area contributed by atoms with E-state index in [1.807, 2.05) is 29.2 Å². The van der Waals surface area contributed by atoms with E-state index in [9.17, 15) is 4.79 Å². The predicted octanol–water partition coefficient (Wildman–Crippen LogP) is 3.32. The fourth-order valence-electron chi connectivity index (χ4n) is 3.42. The normalized spacial score (nSPS) is 14.6. The molecule has 7 heteroatoms. The topological polar surface area (TPSA) is 51.2 Å². The van der Waals surface area contributed by atoms with Gasteiger partial charge in [0.1, 0.15) is 0 Å². The van der Waals surface area contributed by atoms with Crippen molar-refractivity contribution in [3.63, 3.8) is 0 Å². The number of nitrogens with zero attached hydrogens (tertiary/aromatic N) is 2. The highest BCUT2D eigenvalue weighted by Crippen LogP contribution is 2.40. The lowest BCUT2D eigenvalue weighted by Crippen LogP contribution is -2.48. The third-order valence-electron chi connectivity index (χ3n) is 4.95. The summed E-state index contributed by atoms with van der Waals surface area (Å²) >= 11 is 6.26. The Morgan fingerprint density at radius 2 is 1.61 bits per heavy atom. The first kappa shape index (κ1) is 20.3. The zero-order valence-corrected chi connectivity index (χ0v) is 17.2. The maximum atomic E-state index is 13.1. The van der Waals surface area contributed by atoms with E-state index in [0.29, 0.717) is 35.9 Å². The maximum absolute atomic E-state index is 13.1. The van der Waals surface area contributed by atoms with Gasteiger partial charge in [0, 0.05) is 37.7 Å². The van der Waals surface area contributed by atoms with Crippen LogP contribution in [0.25, 0.3) is 0 Å². The number of hydrogen-bond acceptors (Lipinski definition) is 5. The highest BCUT2D eigenvalue weighted by atomic mass is 35.5. The number of carbonyl (C=O) groups is 1. The lowest BCUT2D eigenvalue weighted by molar-refractivity contribution is 0.0624. The average molecular weight is 405 g/mol. The monoisotopic (exact) mass is 404 g/mol. The second-order valence-electron chi connectivity index (χ2n) is 6.54. The fourth-order valence-corrected chi connectivity index (χ4v) is 3.61. The quantitative estimate of drug-likeness (QED) is 0.739. The summed E-state index contributed by atoms with van der Waals surface area (Å²) in [6, 6.07) is 11.3. The first-order valence-electron chi connectivity index (χ1n) is 9.13. The Morgan fingerprint density at radius 1 is 0.929 bits per heavy atom. The molecular weight excluding hydrogens is 380 g/mol. The summed E-state index contributed by atoms with van der Waals surface area (Å²) < 4.78 is 16.1. The Morgan fingerprint density at radius 3 is 2.21 bits per heavy atom. The van der Waals surface area contributed by atoms with Crippen molar-refractivity contribution >= 4 is 17.5 Å². The largest absolute Gasteiger partial charge is 0.493 e. The number of ether oxygens (including phenoxy) is 3. The molecule has 1 heterocycles. The predicted molar refractivity (Wildman–Crippen MR) is 109 cm³/mol. The number of piperazine rings is 1. The lowest BCUT2D eigenvalue weighted by Gasteiger charge is -2.35. The van der Waals surface area contributed by atoms with Crippen LogP contribution >= 0.6 is 11.6 Å². The summed E-state index contributed by atoms with van der Waals surface area (Å²) in [7, 11) is 4.61. The molecule has 0 radical (unpaired) electrons. The maximum Gasteiger partial charge on any atom is 0.257 e. The van der Waals surface area contributed by atoms with Gasteiger partial charge in [0.2, 0.25) is 5.75 Å². The first-order chi connectivity index (χ1) is 13.6. The number of benzene rings is 2. The fraction of sp³-hybridized carbons (Fsp3) is 0.381. The smallest absolute Gasteiger partial charge is 0.257 e. The summed E-state index contributed by atoms with van der Waals surface area (Å²) in [4.78, 5) is 17.2. The van der Waals surface area contributed by atoms with E-state index in [4.69, 9.17) is 25.8 Å². The van der Waals surface area contributed by atoms with Gasteiger partial charge in [-0.05, 0) is 23.8 Å². The summed E-state index contributed by atoms with van der Waals surface area (Å²) in [6.45, 7) is 3.63. The van der Waals surface area contributed by atoms with Crippen LogP contribution in [0.3, 0.4) is 0 Å². The van der Waals surface area contributed by atoms with Crippen molar-refractivity contribution in [1.29, 1.82) is 0 Å². The van der Waals surface area contributed by atoms with Gasteiger partial charge in [0.05, 0.1) is 26.9 Å². The summed E-state index contributed by atoms with van der Waals surface area (Å²) in [5.74, 6) is 1.27. The molecule has 1 aliphatic heterocycles. The zero-order valence-electron chi connectivity index (χ0n) is 16.4. The molecule has 1 aliphatic rings. The molecule has 0 saturated carbocycles. The highest BCUT2D eigenvalue weighted by Gasteiger charge is 2.27. The number of methoxy groups -OCH3 is 3. The van der Waals surface area contributed by atoms with Crippen LogP contribution in [0.15, 0.2) is 36.4 Å². The standard InChI is InChI=1S/C21H25ClN2O4/c1-26-18-9-8-16(19(27-2)20(18)28-3)21(25)24-12-10-23(11-13-24)14-15-6-4-5-7-17(15)22/h4-9H,10-14H2,1-3H3. The minimum absolute atomic E-state index is 0.0739. The van der Waals surface area contributed by atoms with Crippen LogP contribution in [0.4, 0.5) is 0 Å². The van der Waals surface area contributed by atoms with Crippen molar-refractivity contribution in [1.82, 2.24) is 9.80 Å². The van der Waals surface area contributed by atoms with Gasteiger partial charge in [0.15, 0.2) is 11.5 Å². The SMILES string of the molecule is COc1ccc(C(=O)N2CCN(Cc3ccccc3Cl)CC2)c(OC)c1OC. The Kier molecular flexibility index (Phi) is 6.65. The molecule has 1 saturated heterocycles. The molecular formula is C21H25ClN2O4. The van der Waals surface area contributed by atoms with Crippen molar-refractivity contribution < 1.29 is 19.0 Å². The second kappa shape index (κ2) is 9.17. The van der Waals surface area contributed by atoms with E-state index in [2.05, 4.69) is 4.90 Å². The van der Waals surface area contributed by atoms with Crippen molar-refractivity contribution in [3.8, 4) is 17.2 Å². The molecule has 0 N–H and O–H groups in total. The van der Waals surface area contributed by atoms with Crippen LogP contribution in [0.5, 0.6) is 17.2 Å². The molecule has 2 aromatic carbocycles. The van der Waals surface area contributed by atoms with E-state index >= 15 is 0 Å². The molecule has 0 unspecified atom stereocenters. The van der Waals surface area contributed by atoms with E-state index < -0.39 is 0 Å². The van der Waals surface area contributed by atoms with Crippen LogP contribution in [-0.4, -0.2) is 63.2 Å². The lowest BCUT2D eigenvalue weighted by atomic mass is 10.1. The first-order valence-corrected chi connectivity index (χ1v) is 9.50. The molecule has 0 bridgehead atoms. The van der Waals surface area contributed by atoms with Gasteiger partial charge in [-0.1, -0.05) is 29.8 Å². The van der Waals surface area contributed by atoms with Crippen LogP contribution < -0.4 is 14.2 Å². The highest BCUT2D eigenvalue weighted by molar-refractivity contribution is 6.31. The van der Waals surface area contributed by atoms with Gasteiger partial charge >= 0.3 is 0 Å². The van der Waals surface area contributed by atoms with Crippen molar-refractivity contribution in [3.05, 3.63) is 52.5 Å². The minimum atomic E-state index is -0.0739. The minimum Gasteiger partial charge on any atom is -0.493 e. The molecule has 0 aliphatic carbocycles.